The maximum atomic E-state index is 12.5. The Morgan fingerprint density at radius 2 is 2.14 bits per heavy atom. The molecule has 0 atom stereocenters. The Kier molecular flexibility index (Phi) is 6.30. The third-order valence-electron chi connectivity index (χ3n) is 4.25. The van der Waals surface area contributed by atoms with E-state index >= 15 is 0 Å². The van der Waals surface area contributed by atoms with E-state index in [4.69, 9.17) is 4.52 Å². The SMILES string of the molecule is CCc1nccn1CCCNC(=O)CCn1cncc(-c2nc(C)no2)c1=O. The first-order chi connectivity index (χ1) is 13.6. The number of amides is 1. The van der Waals surface area contributed by atoms with Gasteiger partial charge in [0.15, 0.2) is 5.82 Å². The third kappa shape index (κ3) is 4.70. The van der Waals surface area contributed by atoms with Gasteiger partial charge in [-0.1, -0.05) is 12.1 Å². The summed E-state index contributed by atoms with van der Waals surface area (Å²) in [7, 11) is 0. The molecule has 0 aliphatic carbocycles. The van der Waals surface area contributed by atoms with Crippen LogP contribution in [0.4, 0.5) is 0 Å². The van der Waals surface area contributed by atoms with Crippen molar-refractivity contribution < 1.29 is 9.32 Å². The van der Waals surface area contributed by atoms with E-state index in [1.807, 2.05) is 6.20 Å². The Labute approximate surface area is 161 Å². The van der Waals surface area contributed by atoms with Gasteiger partial charge in [0.05, 0.1) is 6.33 Å². The molecule has 0 unspecified atom stereocenters. The highest BCUT2D eigenvalue weighted by molar-refractivity contribution is 5.75. The first-order valence-electron chi connectivity index (χ1n) is 9.20. The van der Waals surface area contributed by atoms with Gasteiger partial charge in [-0.3, -0.25) is 14.2 Å². The summed E-state index contributed by atoms with van der Waals surface area (Å²) in [6, 6.07) is 0. The van der Waals surface area contributed by atoms with E-state index in [1.54, 1.807) is 13.1 Å². The van der Waals surface area contributed by atoms with Gasteiger partial charge < -0.3 is 14.4 Å². The molecule has 3 heterocycles. The Hall–Kier alpha value is -3.30. The molecule has 148 valence electrons. The monoisotopic (exact) mass is 385 g/mol. The second kappa shape index (κ2) is 9.07. The smallest absolute Gasteiger partial charge is 0.266 e. The zero-order valence-corrected chi connectivity index (χ0v) is 16.0. The zero-order valence-electron chi connectivity index (χ0n) is 16.0. The van der Waals surface area contributed by atoms with Crippen molar-refractivity contribution >= 4 is 5.91 Å². The summed E-state index contributed by atoms with van der Waals surface area (Å²) < 4.78 is 8.48. The van der Waals surface area contributed by atoms with Crippen molar-refractivity contribution in [1.29, 1.82) is 0 Å². The zero-order chi connectivity index (χ0) is 19.9. The van der Waals surface area contributed by atoms with Crippen molar-refractivity contribution in [2.45, 2.75) is 46.2 Å². The van der Waals surface area contributed by atoms with Crippen LogP contribution in [0.25, 0.3) is 11.5 Å². The van der Waals surface area contributed by atoms with Crippen LogP contribution >= 0.6 is 0 Å². The molecule has 0 fully saturated rings. The number of nitrogens with one attached hydrogen (secondary N) is 1. The first kappa shape index (κ1) is 19.5. The van der Waals surface area contributed by atoms with Crippen LogP contribution in [0.1, 0.15) is 31.4 Å². The summed E-state index contributed by atoms with van der Waals surface area (Å²) in [5, 5.41) is 6.55. The van der Waals surface area contributed by atoms with Crippen LogP contribution in [-0.4, -0.2) is 41.7 Å². The lowest BCUT2D eigenvalue weighted by Gasteiger charge is -2.09. The van der Waals surface area contributed by atoms with Gasteiger partial charge in [0.2, 0.25) is 5.91 Å². The van der Waals surface area contributed by atoms with E-state index in [0.29, 0.717) is 12.4 Å². The third-order valence-corrected chi connectivity index (χ3v) is 4.25. The predicted octanol–water partition coefficient (Wildman–Crippen LogP) is 0.957. The Morgan fingerprint density at radius 3 is 2.89 bits per heavy atom. The average Bonchev–Trinajstić information content (AvgIpc) is 3.33. The van der Waals surface area contributed by atoms with Gasteiger partial charge in [0.1, 0.15) is 11.4 Å². The second-order valence-electron chi connectivity index (χ2n) is 6.30. The van der Waals surface area contributed by atoms with E-state index < -0.39 is 0 Å². The Balaban J connectivity index is 1.47. The number of carbonyl (C=O) groups excluding carboxylic acids is 1. The molecule has 0 spiro atoms. The van der Waals surface area contributed by atoms with E-state index in [1.165, 1.54) is 17.1 Å². The van der Waals surface area contributed by atoms with E-state index in [9.17, 15) is 9.59 Å². The number of nitrogens with zero attached hydrogens (tertiary/aromatic N) is 6. The number of carbonyl (C=O) groups is 1. The standard InChI is InChI=1S/C18H23N7O3/c1-3-15-20-7-10-24(15)8-4-6-21-16(26)5-9-25-12-19-11-14(18(25)27)17-22-13(2)23-28-17/h7,10-12H,3-6,8-9H2,1-2H3,(H,21,26). The maximum Gasteiger partial charge on any atom is 0.266 e. The summed E-state index contributed by atoms with van der Waals surface area (Å²) in [6.45, 7) is 5.32. The first-order valence-corrected chi connectivity index (χ1v) is 9.20. The molecule has 3 aromatic heterocycles. The van der Waals surface area contributed by atoms with Gasteiger partial charge in [-0.05, 0) is 13.3 Å². The second-order valence-corrected chi connectivity index (χ2v) is 6.30. The molecule has 0 radical (unpaired) electrons. The number of aromatic nitrogens is 6. The van der Waals surface area contributed by atoms with Crippen LogP contribution in [0.3, 0.4) is 0 Å². The minimum absolute atomic E-state index is 0.118. The predicted molar refractivity (Wildman–Crippen MR) is 100 cm³/mol. The summed E-state index contributed by atoms with van der Waals surface area (Å²) in [5.74, 6) is 1.48. The van der Waals surface area contributed by atoms with Crippen LogP contribution in [0.2, 0.25) is 0 Å². The topological polar surface area (TPSA) is 121 Å². The number of aryl methyl sites for hydroxylation is 4. The van der Waals surface area contributed by atoms with E-state index in [2.05, 4.69) is 36.9 Å². The quantitative estimate of drug-likeness (QED) is 0.545. The molecule has 28 heavy (non-hydrogen) atoms. The van der Waals surface area contributed by atoms with Crippen molar-refractivity contribution in [3.63, 3.8) is 0 Å². The van der Waals surface area contributed by atoms with Gasteiger partial charge in [-0.25, -0.2) is 9.97 Å². The minimum Gasteiger partial charge on any atom is -0.356 e. The fraction of sp³-hybridized carbons (Fsp3) is 0.444. The van der Waals surface area contributed by atoms with Gasteiger partial charge in [-0.15, -0.1) is 0 Å². The van der Waals surface area contributed by atoms with Gasteiger partial charge in [0, 0.05) is 51.1 Å². The van der Waals surface area contributed by atoms with Crippen LogP contribution in [0, 0.1) is 6.92 Å². The van der Waals surface area contributed by atoms with Crippen molar-refractivity contribution in [3.8, 4) is 11.5 Å². The van der Waals surface area contributed by atoms with Crippen LogP contribution in [0.5, 0.6) is 0 Å². The van der Waals surface area contributed by atoms with Gasteiger partial charge in [-0.2, -0.15) is 4.98 Å². The summed E-state index contributed by atoms with van der Waals surface area (Å²) in [4.78, 5) is 36.9. The lowest BCUT2D eigenvalue weighted by atomic mass is 10.3. The summed E-state index contributed by atoms with van der Waals surface area (Å²) in [5.41, 5.74) is -0.103. The molecule has 0 aliphatic rings. The summed E-state index contributed by atoms with van der Waals surface area (Å²) in [6.07, 6.45) is 8.37. The molecule has 3 rings (SSSR count). The van der Waals surface area contributed by atoms with E-state index in [0.717, 1.165) is 25.2 Å². The summed E-state index contributed by atoms with van der Waals surface area (Å²) >= 11 is 0. The molecule has 1 N–H and O–H groups in total. The number of hydrogen-bond donors (Lipinski definition) is 1. The molecule has 10 nitrogen and oxygen atoms in total. The Morgan fingerprint density at radius 1 is 1.29 bits per heavy atom. The van der Waals surface area contributed by atoms with Crippen LogP contribution in [0.15, 0.2) is 34.2 Å². The lowest BCUT2D eigenvalue weighted by Crippen LogP contribution is -2.29. The molecule has 0 bridgehead atoms. The average molecular weight is 385 g/mol. The van der Waals surface area contributed by atoms with E-state index in [-0.39, 0.29) is 35.9 Å². The fourth-order valence-corrected chi connectivity index (χ4v) is 2.81. The normalized spacial score (nSPS) is 10.9. The highest BCUT2D eigenvalue weighted by Crippen LogP contribution is 2.10. The molecular weight excluding hydrogens is 362 g/mol. The highest BCUT2D eigenvalue weighted by Gasteiger charge is 2.13. The minimum atomic E-state index is -0.321. The van der Waals surface area contributed by atoms with Crippen molar-refractivity contribution in [2.24, 2.45) is 0 Å². The van der Waals surface area contributed by atoms with Crippen LogP contribution < -0.4 is 10.9 Å². The fourth-order valence-electron chi connectivity index (χ4n) is 2.81. The van der Waals surface area contributed by atoms with Crippen molar-refractivity contribution in [2.75, 3.05) is 6.54 Å². The molecule has 10 heteroatoms. The molecule has 0 aromatic carbocycles. The van der Waals surface area contributed by atoms with Crippen molar-refractivity contribution in [3.05, 3.63) is 46.9 Å². The molecule has 0 aliphatic heterocycles. The van der Waals surface area contributed by atoms with Crippen LogP contribution in [-0.2, 0) is 24.3 Å². The molecule has 1 amide bonds. The Bertz CT molecular complexity index is 989. The highest BCUT2D eigenvalue weighted by atomic mass is 16.5. The molecule has 0 saturated heterocycles. The van der Waals surface area contributed by atoms with Crippen molar-refractivity contribution in [1.82, 2.24) is 34.6 Å². The number of imidazole rings is 1. The van der Waals surface area contributed by atoms with Gasteiger partial charge >= 0.3 is 0 Å². The maximum absolute atomic E-state index is 12.5. The lowest BCUT2D eigenvalue weighted by molar-refractivity contribution is -0.121. The van der Waals surface area contributed by atoms with Gasteiger partial charge in [0.25, 0.3) is 11.4 Å². The molecule has 3 aromatic rings. The largest absolute Gasteiger partial charge is 0.356 e. The molecule has 0 saturated carbocycles. The number of hydrogen-bond acceptors (Lipinski definition) is 7. The molecular formula is C18H23N7O3. The number of rotatable bonds is 9.